The van der Waals surface area contributed by atoms with Gasteiger partial charge in [-0.05, 0) is 55.7 Å². The molecule has 1 aliphatic heterocycles. The first kappa shape index (κ1) is 14.9. The van der Waals surface area contributed by atoms with Crippen molar-refractivity contribution >= 4 is 28.9 Å². The molecule has 0 radical (unpaired) electrons. The fraction of sp³-hybridized carbons (Fsp3) is 0.278. The van der Waals surface area contributed by atoms with Gasteiger partial charge in [-0.2, -0.15) is 0 Å². The van der Waals surface area contributed by atoms with Crippen LogP contribution >= 0.6 is 11.6 Å². The second kappa shape index (κ2) is 6.84. The summed E-state index contributed by atoms with van der Waals surface area (Å²) in [6.07, 6.45) is 3.83. The van der Waals surface area contributed by atoms with Gasteiger partial charge in [0.25, 0.3) is 5.91 Å². The summed E-state index contributed by atoms with van der Waals surface area (Å²) in [5.41, 5.74) is 2.49. The highest BCUT2D eigenvalue weighted by molar-refractivity contribution is 6.34. The van der Waals surface area contributed by atoms with Crippen molar-refractivity contribution in [3.63, 3.8) is 0 Å². The Labute approximate surface area is 135 Å². The fourth-order valence-electron chi connectivity index (χ4n) is 2.75. The van der Waals surface area contributed by atoms with Crippen LogP contribution in [0.5, 0.6) is 0 Å². The molecule has 1 N–H and O–H groups in total. The molecule has 0 spiro atoms. The maximum Gasteiger partial charge on any atom is 0.257 e. The summed E-state index contributed by atoms with van der Waals surface area (Å²) in [7, 11) is 0. The highest BCUT2D eigenvalue weighted by atomic mass is 35.5. The monoisotopic (exact) mass is 314 g/mol. The molecule has 2 aromatic carbocycles. The van der Waals surface area contributed by atoms with E-state index in [9.17, 15) is 4.79 Å². The van der Waals surface area contributed by atoms with Crippen LogP contribution in [0.15, 0.2) is 48.5 Å². The van der Waals surface area contributed by atoms with E-state index in [1.165, 1.54) is 24.9 Å². The normalized spacial score (nSPS) is 14.7. The number of carbonyl (C=O) groups is 1. The van der Waals surface area contributed by atoms with Crippen molar-refractivity contribution in [1.82, 2.24) is 0 Å². The number of carbonyl (C=O) groups excluding carboxylic acids is 1. The van der Waals surface area contributed by atoms with Crippen molar-refractivity contribution in [2.24, 2.45) is 0 Å². The lowest BCUT2D eigenvalue weighted by Gasteiger charge is -2.28. The molecule has 3 nitrogen and oxygen atoms in total. The summed E-state index contributed by atoms with van der Waals surface area (Å²) in [4.78, 5) is 14.6. The predicted octanol–water partition coefficient (Wildman–Crippen LogP) is 4.58. The average molecular weight is 315 g/mol. The first-order valence-corrected chi connectivity index (χ1v) is 8.03. The van der Waals surface area contributed by atoms with E-state index in [1.807, 2.05) is 18.2 Å². The zero-order chi connectivity index (χ0) is 15.4. The van der Waals surface area contributed by atoms with Crippen LogP contribution in [0, 0.1) is 0 Å². The van der Waals surface area contributed by atoms with Crippen molar-refractivity contribution in [2.45, 2.75) is 19.3 Å². The number of hydrogen-bond acceptors (Lipinski definition) is 2. The zero-order valence-electron chi connectivity index (χ0n) is 12.4. The number of hydrogen-bond donors (Lipinski definition) is 1. The van der Waals surface area contributed by atoms with Gasteiger partial charge in [-0.1, -0.05) is 23.7 Å². The van der Waals surface area contributed by atoms with Gasteiger partial charge in [0.15, 0.2) is 0 Å². The van der Waals surface area contributed by atoms with Crippen molar-refractivity contribution in [3.05, 3.63) is 59.1 Å². The second-order valence-corrected chi connectivity index (χ2v) is 5.94. The molecule has 0 aromatic heterocycles. The summed E-state index contributed by atoms with van der Waals surface area (Å²) >= 11 is 6.04. The number of rotatable bonds is 3. The van der Waals surface area contributed by atoms with E-state index < -0.39 is 0 Å². The van der Waals surface area contributed by atoms with Crippen LogP contribution in [0.2, 0.25) is 5.02 Å². The molecule has 114 valence electrons. The van der Waals surface area contributed by atoms with Crippen molar-refractivity contribution in [3.8, 4) is 0 Å². The van der Waals surface area contributed by atoms with Gasteiger partial charge in [0.1, 0.15) is 0 Å². The molecule has 3 rings (SSSR count). The molecule has 2 aromatic rings. The Kier molecular flexibility index (Phi) is 4.64. The lowest BCUT2D eigenvalue weighted by atomic mass is 10.1. The van der Waals surface area contributed by atoms with Gasteiger partial charge in [0.05, 0.1) is 10.6 Å². The molecule has 1 fully saturated rings. The molecule has 1 aliphatic rings. The van der Waals surface area contributed by atoms with Gasteiger partial charge < -0.3 is 10.2 Å². The molecular weight excluding hydrogens is 296 g/mol. The largest absolute Gasteiger partial charge is 0.372 e. The molecule has 0 saturated carbocycles. The number of nitrogens with zero attached hydrogens (tertiary/aromatic N) is 1. The second-order valence-electron chi connectivity index (χ2n) is 5.53. The fourth-order valence-corrected chi connectivity index (χ4v) is 2.97. The van der Waals surface area contributed by atoms with Crippen LogP contribution in [-0.2, 0) is 0 Å². The number of halogens is 1. The van der Waals surface area contributed by atoms with Gasteiger partial charge in [0.2, 0.25) is 0 Å². The summed E-state index contributed by atoms with van der Waals surface area (Å²) in [5, 5.41) is 3.35. The van der Waals surface area contributed by atoms with E-state index in [1.54, 1.807) is 18.2 Å². The first-order chi connectivity index (χ1) is 10.7. The van der Waals surface area contributed by atoms with Crippen LogP contribution in [0.3, 0.4) is 0 Å². The summed E-state index contributed by atoms with van der Waals surface area (Å²) in [6, 6.07) is 15.1. The number of anilines is 2. The van der Waals surface area contributed by atoms with E-state index in [4.69, 9.17) is 11.6 Å². The standard InChI is InChI=1S/C18H19ClN2O/c19-17-7-3-2-6-16(17)18(22)20-14-8-10-15(11-9-14)21-12-4-1-5-13-21/h2-3,6-11H,1,4-5,12-13H2,(H,20,22). The van der Waals surface area contributed by atoms with Gasteiger partial charge in [-0.15, -0.1) is 0 Å². The van der Waals surface area contributed by atoms with E-state index in [-0.39, 0.29) is 5.91 Å². The molecule has 1 saturated heterocycles. The number of benzene rings is 2. The van der Waals surface area contributed by atoms with Gasteiger partial charge >= 0.3 is 0 Å². The minimum atomic E-state index is -0.184. The predicted molar refractivity (Wildman–Crippen MR) is 91.9 cm³/mol. The summed E-state index contributed by atoms with van der Waals surface area (Å²) in [5.74, 6) is -0.184. The molecular formula is C18H19ClN2O. The molecule has 1 amide bonds. The Bertz CT molecular complexity index is 648. The minimum absolute atomic E-state index is 0.184. The third-order valence-corrected chi connectivity index (χ3v) is 4.29. The third kappa shape index (κ3) is 3.42. The van der Waals surface area contributed by atoms with Crippen LogP contribution in [0.25, 0.3) is 0 Å². The topological polar surface area (TPSA) is 32.3 Å². The smallest absolute Gasteiger partial charge is 0.257 e. The number of piperidine rings is 1. The van der Waals surface area contributed by atoms with Gasteiger partial charge in [-0.3, -0.25) is 4.79 Å². The third-order valence-electron chi connectivity index (χ3n) is 3.96. The van der Waals surface area contributed by atoms with E-state index in [0.29, 0.717) is 10.6 Å². The lowest BCUT2D eigenvalue weighted by molar-refractivity contribution is 0.102. The van der Waals surface area contributed by atoms with Crippen molar-refractivity contribution in [1.29, 1.82) is 0 Å². The number of amides is 1. The Morgan fingerprint density at radius 2 is 1.64 bits per heavy atom. The van der Waals surface area contributed by atoms with Gasteiger partial charge in [-0.25, -0.2) is 0 Å². The Hall–Kier alpha value is -2.00. The van der Waals surface area contributed by atoms with Crippen molar-refractivity contribution < 1.29 is 4.79 Å². The van der Waals surface area contributed by atoms with E-state index >= 15 is 0 Å². The number of nitrogens with one attached hydrogen (secondary N) is 1. The average Bonchev–Trinajstić information content (AvgIpc) is 2.57. The highest BCUT2D eigenvalue weighted by Crippen LogP contribution is 2.23. The summed E-state index contributed by atoms with van der Waals surface area (Å²) in [6.45, 7) is 2.23. The van der Waals surface area contributed by atoms with Crippen LogP contribution in [-0.4, -0.2) is 19.0 Å². The maximum atomic E-state index is 12.2. The SMILES string of the molecule is O=C(Nc1ccc(N2CCCCC2)cc1)c1ccccc1Cl. The highest BCUT2D eigenvalue weighted by Gasteiger charge is 2.12. The van der Waals surface area contributed by atoms with Crippen LogP contribution in [0.4, 0.5) is 11.4 Å². The van der Waals surface area contributed by atoms with Crippen molar-refractivity contribution in [2.75, 3.05) is 23.3 Å². The quantitative estimate of drug-likeness (QED) is 0.899. The Morgan fingerprint density at radius 3 is 2.32 bits per heavy atom. The van der Waals surface area contributed by atoms with Gasteiger partial charge in [0, 0.05) is 24.5 Å². The zero-order valence-corrected chi connectivity index (χ0v) is 13.1. The van der Waals surface area contributed by atoms with E-state index in [0.717, 1.165) is 18.8 Å². The van der Waals surface area contributed by atoms with Crippen LogP contribution < -0.4 is 10.2 Å². The molecule has 0 aliphatic carbocycles. The molecule has 0 unspecified atom stereocenters. The first-order valence-electron chi connectivity index (χ1n) is 7.65. The van der Waals surface area contributed by atoms with Crippen LogP contribution in [0.1, 0.15) is 29.6 Å². The minimum Gasteiger partial charge on any atom is -0.372 e. The molecule has 22 heavy (non-hydrogen) atoms. The molecule has 1 heterocycles. The summed E-state index contributed by atoms with van der Waals surface area (Å²) < 4.78 is 0. The molecule has 4 heteroatoms. The molecule has 0 bridgehead atoms. The Morgan fingerprint density at radius 1 is 0.955 bits per heavy atom. The maximum absolute atomic E-state index is 12.2. The Balaban J connectivity index is 1.68. The molecule has 0 atom stereocenters. The lowest BCUT2D eigenvalue weighted by Crippen LogP contribution is -2.29. The van der Waals surface area contributed by atoms with E-state index in [2.05, 4.69) is 22.3 Å².